The van der Waals surface area contributed by atoms with Gasteiger partial charge in [0.25, 0.3) is 0 Å². The molecule has 0 unspecified atom stereocenters. The second-order valence-electron chi connectivity index (χ2n) is 12.6. The van der Waals surface area contributed by atoms with Crippen LogP contribution in [0.2, 0.25) is 0 Å². The van der Waals surface area contributed by atoms with Crippen LogP contribution in [0.4, 0.5) is 0 Å². The summed E-state index contributed by atoms with van der Waals surface area (Å²) in [6.07, 6.45) is 13.5. The van der Waals surface area contributed by atoms with Gasteiger partial charge in [0, 0.05) is 25.7 Å². The van der Waals surface area contributed by atoms with Crippen LogP contribution in [0.3, 0.4) is 0 Å². The predicted molar refractivity (Wildman–Crippen MR) is 125 cm³/mol. The lowest BCUT2D eigenvalue weighted by Crippen LogP contribution is -2.61. The van der Waals surface area contributed by atoms with Crippen molar-refractivity contribution in [3.63, 3.8) is 0 Å². The van der Waals surface area contributed by atoms with Crippen LogP contribution in [-0.2, 0) is 4.74 Å². The van der Waals surface area contributed by atoms with Crippen LogP contribution < -0.4 is 0 Å². The van der Waals surface area contributed by atoms with Crippen molar-refractivity contribution in [1.82, 2.24) is 9.80 Å². The van der Waals surface area contributed by atoms with Gasteiger partial charge in [-0.2, -0.15) is 0 Å². The van der Waals surface area contributed by atoms with Gasteiger partial charge < -0.3 is 19.8 Å². The number of nitrogens with zero attached hydrogens (tertiary/aromatic N) is 2. The molecular weight excluding hydrogens is 400 g/mol. The van der Waals surface area contributed by atoms with Crippen LogP contribution in [0.5, 0.6) is 0 Å². The molecule has 32 heavy (non-hydrogen) atoms. The zero-order valence-electron chi connectivity index (χ0n) is 20.2. The Kier molecular flexibility index (Phi) is 5.45. The summed E-state index contributed by atoms with van der Waals surface area (Å²) in [5.41, 5.74) is 0.395. The lowest BCUT2D eigenvalue weighted by molar-refractivity contribution is -0.158. The maximum atomic E-state index is 11.5. The highest BCUT2D eigenvalue weighted by Crippen LogP contribution is 2.66. The molecule has 0 aromatic carbocycles. The number of fused-ring (bicyclic) bond motifs is 5. The fraction of sp³-hybridized carbons (Fsp3) is 0.926. The van der Waals surface area contributed by atoms with E-state index in [1.54, 1.807) is 0 Å². The Morgan fingerprint density at radius 1 is 0.906 bits per heavy atom. The van der Waals surface area contributed by atoms with E-state index in [-0.39, 0.29) is 17.6 Å². The molecule has 2 aliphatic heterocycles. The fourth-order valence-corrected chi connectivity index (χ4v) is 9.65. The van der Waals surface area contributed by atoms with Crippen LogP contribution >= 0.6 is 0 Å². The Labute approximate surface area is 194 Å². The Morgan fingerprint density at radius 2 is 1.72 bits per heavy atom. The van der Waals surface area contributed by atoms with Crippen molar-refractivity contribution in [1.29, 1.82) is 0 Å². The molecule has 4 saturated carbocycles. The smallest absolute Gasteiger partial charge is 0.0799 e. The van der Waals surface area contributed by atoms with Crippen molar-refractivity contribution in [3.8, 4) is 0 Å². The van der Waals surface area contributed by atoms with E-state index < -0.39 is 0 Å². The summed E-state index contributed by atoms with van der Waals surface area (Å²) in [5, 5.41) is 22.6. The Hall–Kier alpha value is -0.620. The van der Waals surface area contributed by atoms with Gasteiger partial charge in [-0.15, -0.1) is 0 Å². The Balaban J connectivity index is 1.25. The standard InChI is InChI=1S/C27H44N2O3/c1-26-8-7-20-19(21(26)16-22(25(26)31)28-9-3-4-10-28)6-5-18-15-24(30)23(17-27(18,20)2)29-11-13-32-14-12-29/h3,9,18-25,30-31H,4-8,10-17H2,1-2H3/t18-,19+,20-,21-,22-,23-,24+,25+,26-,27-/m0/s1. The largest absolute Gasteiger partial charge is 0.391 e. The van der Waals surface area contributed by atoms with Gasteiger partial charge in [-0.25, -0.2) is 0 Å². The Bertz CT molecular complexity index is 738. The molecule has 2 heterocycles. The van der Waals surface area contributed by atoms with Crippen molar-refractivity contribution >= 4 is 0 Å². The van der Waals surface area contributed by atoms with E-state index >= 15 is 0 Å². The molecule has 10 atom stereocenters. The van der Waals surface area contributed by atoms with Gasteiger partial charge in [-0.05, 0) is 92.1 Å². The molecule has 0 bridgehead atoms. The zero-order valence-corrected chi connectivity index (χ0v) is 20.2. The summed E-state index contributed by atoms with van der Waals surface area (Å²) in [6, 6.07) is 0.603. The number of rotatable bonds is 2. The number of aliphatic hydroxyl groups excluding tert-OH is 2. The molecule has 5 fully saturated rings. The average molecular weight is 445 g/mol. The van der Waals surface area contributed by atoms with Gasteiger partial charge >= 0.3 is 0 Å². The third-order valence-corrected chi connectivity index (χ3v) is 11.4. The van der Waals surface area contributed by atoms with E-state index in [1.165, 1.54) is 32.1 Å². The van der Waals surface area contributed by atoms with E-state index in [9.17, 15) is 10.2 Å². The van der Waals surface area contributed by atoms with Crippen LogP contribution in [0.25, 0.3) is 0 Å². The monoisotopic (exact) mass is 444 g/mol. The molecule has 0 radical (unpaired) electrons. The van der Waals surface area contributed by atoms with E-state index in [1.807, 2.05) is 0 Å². The molecule has 180 valence electrons. The van der Waals surface area contributed by atoms with Crippen LogP contribution in [0, 0.1) is 34.5 Å². The number of hydrogen-bond donors (Lipinski definition) is 2. The Morgan fingerprint density at radius 3 is 2.47 bits per heavy atom. The molecule has 0 spiro atoms. The maximum absolute atomic E-state index is 11.5. The molecule has 5 heteroatoms. The molecule has 6 aliphatic rings. The topological polar surface area (TPSA) is 56.2 Å². The van der Waals surface area contributed by atoms with Gasteiger partial charge in [0.2, 0.25) is 0 Å². The van der Waals surface area contributed by atoms with Gasteiger partial charge in [0.15, 0.2) is 0 Å². The molecule has 1 saturated heterocycles. The normalized spacial score (nSPS) is 53.7. The highest BCUT2D eigenvalue weighted by molar-refractivity contribution is 5.15. The molecule has 2 N–H and O–H groups in total. The average Bonchev–Trinajstić information content (AvgIpc) is 3.41. The quantitative estimate of drug-likeness (QED) is 0.685. The van der Waals surface area contributed by atoms with E-state index in [4.69, 9.17) is 4.74 Å². The summed E-state index contributed by atoms with van der Waals surface area (Å²) < 4.78 is 5.61. The summed E-state index contributed by atoms with van der Waals surface area (Å²) >= 11 is 0. The molecular formula is C27H44N2O3. The fourth-order valence-electron chi connectivity index (χ4n) is 9.65. The summed E-state index contributed by atoms with van der Waals surface area (Å²) in [5.74, 6) is 2.78. The van der Waals surface area contributed by atoms with E-state index in [0.717, 1.165) is 63.9 Å². The zero-order chi connectivity index (χ0) is 22.1. The third kappa shape index (κ3) is 3.17. The molecule has 0 aromatic rings. The van der Waals surface area contributed by atoms with Crippen molar-refractivity contribution < 1.29 is 14.9 Å². The van der Waals surface area contributed by atoms with Crippen molar-refractivity contribution in [3.05, 3.63) is 12.3 Å². The first-order chi connectivity index (χ1) is 15.4. The second kappa shape index (κ2) is 7.96. The molecule has 5 nitrogen and oxygen atoms in total. The molecule has 4 aliphatic carbocycles. The van der Waals surface area contributed by atoms with E-state index in [2.05, 4.69) is 35.9 Å². The first-order valence-electron chi connectivity index (χ1n) is 13.5. The van der Waals surface area contributed by atoms with Crippen LogP contribution in [0.1, 0.15) is 65.2 Å². The first kappa shape index (κ1) is 21.9. The summed E-state index contributed by atoms with van der Waals surface area (Å²) in [4.78, 5) is 4.98. The van der Waals surface area contributed by atoms with Gasteiger partial charge in [0.05, 0.1) is 31.5 Å². The third-order valence-electron chi connectivity index (χ3n) is 11.4. The van der Waals surface area contributed by atoms with Gasteiger partial charge in [0.1, 0.15) is 0 Å². The molecule has 6 rings (SSSR count). The number of ether oxygens (including phenoxy) is 1. The lowest BCUT2D eigenvalue weighted by atomic mass is 9.44. The highest BCUT2D eigenvalue weighted by Gasteiger charge is 2.63. The van der Waals surface area contributed by atoms with Crippen molar-refractivity contribution in [2.24, 2.45) is 34.5 Å². The van der Waals surface area contributed by atoms with Crippen molar-refractivity contribution in [2.45, 2.75) is 89.5 Å². The second-order valence-corrected chi connectivity index (χ2v) is 12.6. The lowest BCUT2D eigenvalue weighted by Gasteiger charge is -2.62. The number of morpholine rings is 1. The summed E-state index contributed by atoms with van der Waals surface area (Å²) in [6.45, 7) is 9.62. The SMILES string of the molecule is C[C@]12C[C@H](N3CCOCC3)[C@H](O)C[C@@H]1CC[C@@H]1[C@@H]2CC[C@]2(C)[C@H](O)[C@@H](N3C=CCC3)C[C@@H]12. The minimum atomic E-state index is -0.198. The van der Waals surface area contributed by atoms with Crippen molar-refractivity contribution in [2.75, 3.05) is 32.8 Å². The minimum Gasteiger partial charge on any atom is -0.391 e. The van der Waals surface area contributed by atoms with Gasteiger partial charge in [-0.1, -0.05) is 19.9 Å². The first-order valence-corrected chi connectivity index (χ1v) is 13.5. The van der Waals surface area contributed by atoms with Gasteiger partial charge in [-0.3, -0.25) is 4.90 Å². The minimum absolute atomic E-state index is 0.0727. The molecule has 0 aromatic heterocycles. The predicted octanol–water partition coefficient (Wildman–Crippen LogP) is 3.26. The number of hydrogen-bond acceptors (Lipinski definition) is 5. The maximum Gasteiger partial charge on any atom is 0.0799 e. The van der Waals surface area contributed by atoms with E-state index in [0.29, 0.717) is 29.3 Å². The summed E-state index contributed by atoms with van der Waals surface area (Å²) in [7, 11) is 0. The molecule has 0 amide bonds. The van der Waals surface area contributed by atoms with Crippen LogP contribution in [0.15, 0.2) is 12.3 Å². The number of aliphatic hydroxyl groups is 2. The van der Waals surface area contributed by atoms with Crippen LogP contribution in [-0.4, -0.2) is 77.2 Å². The highest BCUT2D eigenvalue weighted by atomic mass is 16.5.